The summed E-state index contributed by atoms with van der Waals surface area (Å²) in [6.07, 6.45) is 1.65. The molecule has 0 amide bonds. The first-order valence-electron chi connectivity index (χ1n) is 7.32. The van der Waals surface area contributed by atoms with Gasteiger partial charge in [0, 0.05) is 11.8 Å². The number of methoxy groups -OCH3 is 1. The standard InChI is InChI=1S/C18H18ClNO4/c1-4-23-18(21)12(2)11-24-16-9-14(10-20-17(16)19)13-5-7-15(22-3)8-6-13/h5-10H,2,4,11H2,1,3H3. The summed E-state index contributed by atoms with van der Waals surface area (Å²) < 4.78 is 15.6. The summed E-state index contributed by atoms with van der Waals surface area (Å²) in [6.45, 7) is 5.63. The second-order valence-electron chi connectivity index (χ2n) is 4.85. The fourth-order valence-electron chi connectivity index (χ4n) is 1.93. The van der Waals surface area contributed by atoms with E-state index in [1.807, 2.05) is 24.3 Å². The van der Waals surface area contributed by atoms with Gasteiger partial charge in [-0.15, -0.1) is 0 Å². The fraction of sp³-hybridized carbons (Fsp3) is 0.222. The molecular formula is C18H18ClNO4. The maximum Gasteiger partial charge on any atom is 0.336 e. The van der Waals surface area contributed by atoms with Gasteiger partial charge in [0.25, 0.3) is 0 Å². The molecule has 5 nitrogen and oxygen atoms in total. The molecule has 2 rings (SSSR count). The van der Waals surface area contributed by atoms with Gasteiger partial charge in [-0.25, -0.2) is 9.78 Å². The highest BCUT2D eigenvalue weighted by molar-refractivity contribution is 6.30. The SMILES string of the molecule is C=C(COc1cc(-c2ccc(OC)cc2)cnc1Cl)C(=O)OCC. The Labute approximate surface area is 145 Å². The van der Waals surface area contributed by atoms with Crippen LogP contribution >= 0.6 is 11.6 Å². The molecule has 0 fully saturated rings. The average Bonchev–Trinajstić information content (AvgIpc) is 2.61. The highest BCUT2D eigenvalue weighted by Gasteiger charge is 2.11. The number of halogens is 1. The molecule has 2 aromatic rings. The van der Waals surface area contributed by atoms with Gasteiger partial charge < -0.3 is 14.2 Å². The Morgan fingerprint density at radius 2 is 1.96 bits per heavy atom. The number of aromatic nitrogens is 1. The van der Waals surface area contributed by atoms with E-state index in [4.69, 9.17) is 25.8 Å². The molecule has 0 radical (unpaired) electrons. The molecule has 0 spiro atoms. The lowest BCUT2D eigenvalue weighted by Gasteiger charge is -2.11. The van der Waals surface area contributed by atoms with Crippen LogP contribution in [0.1, 0.15) is 6.92 Å². The van der Waals surface area contributed by atoms with Crippen molar-refractivity contribution in [2.24, 2.45) is 0 Å². The lowest BCUT2D eigenvalue weighted by molar-refractivity contribution is -0.138. The van der Waals surface area contributed by atoms with Gasteiger partial charge in [-0.2, -0.15) is 0 Å². The van der Waals surface area contributed by atoms with E-state index < -0.39 is 5.97 Å². The molecule has 24 heavy (non-hydrogen) atoms. The van der Waals surface area contributed by atoms with Crippen molar-refractivity contribution in [2.75, 3.05) is 20.3 Å². The summed E-state index contributed by atoms with van der Waals surface area (Å²) in [5.41, 5.74) is 1.98. The molecule has 6 heteroatoms. The molecule has 0 aliphatic heterocycles. The molecule has 0 unspecified atom stereocenters. The normalized spacial score (nSPS) is 10.1. The largest absolute Gasteiger partial charge is 0.497 e. The lowest BCUT2D eigenvalue weighted by atomic mass is 10.1. The number of benzene rings is 1. The molecule has 1 aromatic carbocycles. The van der Waals surface area contributed by atoms with Crippen molar-refractivity contribution in [1.82, 2.24) is 4.98 Å². The summed E-state index contributed by atoms with van der Waals surface area (Å²) in [7, 11) is 1.61. The van der Waals surface area contributed by atoms with Crippen LogP contribution in [0.5, 0.6) is 11.5 Å². The van der Waals surface area contributed by atoms with Crippen LogP contribution in [-0.4, -0.2) is 31.3 Å². The monoisotopic (exact) mass is 347 g/mol. The van der Waals surface area contributed by atoms with Crippen molar-refractivity contribution in [3.63, 3.8) is 0 Å². The van der Waals surface area contributed by atoms with E-state index in [1.165, 1.54) is 0 Å². The predicted molar refractivity (Wildman–Crippen MR) is 92.5 cm³/mol. The molecule has 0 saturated carbocycles. The number of hydrogen-bond donors (Lipinski definition) is 0. The number of hydrogen-bond acceptors (Lipinski definition) is 5. The number of rotatable bonds is 7. The molecule has 1 aromatic heterocycles. The van der Waals surface area contributed by atoms with E-state index in [2.05, 4.69) is 11.6 Å². The predicted octanol–water partition coefficient (Wildman–Crippen LogP) is 3.91. The number of carbonyl (C=O) groups is 1. The Morgan fingerprint density at radius 3 is 2.58 bits per heavy atom. The van der Waals surface area contributed by atoms with Crippen LogP contribution in [0, 0.1) is 0 Å². The highest BCUT2D eigenvalue weighted by atomic mass is 35.5. The third-order valence-electron chi connectivity index (χ3n) is 3.20. The van der Waals surface area contributed by atoms with Crippen LogP contribution in [0.25, 0.3) is 11.1 Å². The van der Waals surface area contributed by atoms with E-state index in [0.29, 0.717) is 5.75 Å². The zero-order valence-corrected chi connectivity index (χ0v) is 14.3. The first-order chi connectivity index (χ1) is 11.5. The molecule has 0 N–H and O–H groups in total. The molecule has 0 atom stereocenters. The third kappa shape index (κ3) is 4.49. The third-order valence-corrected chi connectivity index (χ3v) is 3.48. The summed E-state index contributed by atoms with van der Waals surface area (Å²) in [4.78, 5) is 15.7. The smallest absolute Gasteiger partial charge is 0.336 e. The van der Waals surface area contributed by atoms with E-state index in [-0.39, 0.29) is 23.9 Å². The number of ether oxygens (including phenoxy) is 3. The summed E-state index contributed by atoms with van der Waals surface area (Å²) in [6, 6.07) is 9.28. The Hall–Kier alpha value is -2.53. The second-order valence-corrected chi connectivity index (χ2v) is 5.21. The molecule has 0 aliphatic carbocycles. The minimum atomic E-state index is -0.493. The Balaban J connectivity index is 2.13. The van der Waals surface area contributed by atoms with E-state index in [9.17, 15) is 4.79 Å². The quantitative estimate of drug-likeness (QED) is 0.432. The number of nitrogens with zero attached hydrogens (tertiary/aromatic N) is 1. The van der Waals surface area contributed by atoms with E-state index in [0.717, 1.165) is 16.9 Å². The van der Waals surface area contributed by atoms with Crippen molar-refractivity contribution in [3.8, 4) is 22.6 Å². The van der Waals surface area contributed by atoms with Crippen LogP contribution < -0.4 is 9.47 Å². The molecule has 1 heterocycles. The molecule has 0 aliphatic rings. The average molecular weight is 348 g/mol. The van der Waals surface area contributed by atoms with Crippen molar-refractivity contribution in [2.45, 2.75) is 6.92 Å². The van der Waals surface area contributed by atoms with Gasteiger partial charge in [-0.05, 0) is 30.7 Å². The van der Waals surface area contributed by atoms with Crippen molar-refractivity contribution in [1.29, 1.82) is 0 Å². The molecule has 126 valence electrons. The van der Waals surface area contributed by atoms with Gasteiger partial charge in [-0.3, -0.25) is 0 Å². The lowest BCUT2D eigenvalue weighted by Crippen LogP contribution is -2.13. The minimum Gasteiger partial charge on any atom is -0.497 e. The summed E-state index contributed by atoms with van der Waals surface area (Å²) in [5.74, 6) is 0.645. The van der Waals surface area contributed by atoms with E-state index in [1.54, 1.807) is 26.3 Å². The molecule has 0 saturated heterocycles. The molecule has 0 bridgehead atoms. The topological polar surface area (TPSA) is 57.7 Å². The van der Waals surface area contributed by atoms with E-state index >= 15 is 0 Å². The number of carbonyl (C=O) groups excluding carboxylic acids is 1. The van der Waals surface area contributed by atoms with Gasteiger partial charge in [0.15, 0.2) is 10.9 Å². The van der Waals surface area contributed by atoms with Gasteiger partial charge >= 0.3 is 5.97 Å². The summed E-state index contributed by atoms with van der Waals surface area (Å²) in [5, 5.41) is 0.212. The van der Waals surface area contributed by atoms with Crippen molar-refractivity contribution < 1.29 is 19.0 Å². The fourth-order valence-corrected chi connectivity index (χ4v) is 2.09. The number of esters is 1. The van der Waals surface area contributed by atoms with Crippen LogP contribution in [0.2, 0.25) is 5.15 Å². The minimum absolute atomic E-state index is 0.0215. The van der Waals surface area contributed by atoms with Crippen molar-refractivity contribution >= 4 is 17.6 Å². The van der Waals surface area contributed by atoms with Gasteiger partial charge in [0.1, 0.15) is 12.4 Å². The van der Waals surface area contributed by atoms with Gasteiger partial charge in [-0.1, -0.05) is 30.3 Å². The second kappa shape index (κ2) is 8.36. The zero-order valence-electron chi connectivity index (χ0n) is 13.5. The zero-order chi connectivity index (χ0) is 17.5. The van der Waals surface area contributed by atoms with Crippen LogP contribution in [0.15, 0.2) is 48.7 Å². The Morgan fingerprint density at radius 1 is 1.25 bits per heavy atom. The van der Waals surface area contributed by atoms with Crippen LogP contribution in [-0.2, 0) is 9.53 Å². The Bertz CT molecular complexity index is 728. The first-order valence-corrected chi connectivity index (χ1v) is 7.70. The first kappa shape index (κ1) is 17.8. The Kier molecular flexibility index (Phi) is 6.21. The van der Waals surface area contributed by atoms with Crippen molar-refractivity contribution in [3.05, 3.63) is 53.8 Å². The van der Waals surface area contributed by atoms with Crippen LogP contribution in [0.4, 0.5) is 0 Å². The molecular weight excluding hydrogens is 330 g/mol. The van der Waals surface area contributed by atoms with Gasteiger partial charge in [0.2, 0.25) is 0 Å². The van der Waals surface area contributed by atoms with Crippen LogP contribution in [0.3, 0.4) is 0 Å². The number of pyridine rings is 1. The maximum atomic E-state index is 11.5. The van der Waals surface area contributed by atoms with Gasteiger partial charge in [0.05, 0.1) is 19.3 Å². The summed E-state index contributed by atoms with van der Waals surface area (Å²) >= 11 is 6.05. The maximum absolute atomic E-state index is 11.5. The highest BCUT2D eigenvalue weighted by Crippen LogP contribution is 2.29.